The number of Topliss-reactive ketones (excluding diaryl/α,β-unsaturated/α-hetero) is 1. The number of carbonyl (C=O) groups is 1. The van der Waals surface area contributed by atoms with E-state index in [4.69, 9.17) is 4.74 Å². The van der Waals surface area contributed by atoms with E-state index in [1.165, 1.54) is 29.2 Å². The molecule has 0 spiro atoms. The van der Waals surface area contributed by atoms with E-state index in [-0.39, 0.29) is 23.6 Å². The lowest BCUT2D eigenvalue weighted by Gasteiger charge is -2.56. The topological polar surface area (TPSA) is 29.5 Å². The summed E-state index contributed by atoms with van der Waals surface area (Å²) in [6.07, 6.45) is 4.09. The number of nitrogens with zero attached hydrogens (tertiary/aromatic N) is 1. The summed E-state index contributed by atoms with van der Waals surface area (Å²) in [4.78, 5) is 16.5. The number of carbonyl (C=O) groups excluding carboxylic acids is 1. The number of benzene rings is 1. The highest BCUT2D eigenvalue weighted by atomic mass is 28.3. The van der Waals surface area contributed by atoms with Gasteiger partial charge in [-0.2, -0.15) is 0 Å². The van der Waals surface area contributed by atoms with Gasteiger partial charge in [0.05, 0.1) is 20.1 Å². The molecule has 1 aromatic rings. The van der Waals surface area contributed by atoms with Crippen LogP contribution in [0.4, 0.5) is 0 Å². The molecule has 30 heavy (non-hydrogen) atoms. The molecular weight excluding hydrogens is 386 g/mol. The van der Waals surface area contributed by atoms with Gasteiger partial charge in [-0.05, 0) is 48.9 Å². The van der Waals surface area contributed by atoms with Gasteiger partial charge in [0.25, 0.3) is 0 Å². The lowest BCUT2D eigenvalue weighted by molar-refractivity contribution is -0.229. The first kappa shape index (κ1) is 20.7. The molecule has 2 heterocycles. The Balaban J connectivity index is 1.62. The van der Waals surface area contributed by atoms with Gasteiger partial charge in [0, 0.05) is 23.9 Å². The van der Waals surface area contributed by atoms with Gasteiger partial charge < -0.3 is 4.74 Å². The number of fused-ring (bicyclic) bond motifs is 4. The van der Waals surface area contributed by atoms with Gasteiger partial charge in [0.15, 0.2) is 5.78 Å². The van der Waals surface area contributed by atoms with Crippen LogP contribution >= 0.6 is 0 Å². The summed E-state index contributed by atoms with van der Waals surface area (Å²) >= 11 is 0. The largest absolute Gasteiger partial charge is 0.359 e. The second-order valence-corrected chi connectivity index (χ2v) is 16.8. The van der Waals surface area contributed by atoms with Gasteiger partial charge in [-0.3, -0.25) is 9.69 Å². The van der Waals surface area contributed by atoms with Crippen LogP contribution in [-0.4, -0.2) is 43.2 Å². The number of allylic oxidation sites excluding steroid dienone is 1. The first-order valence-electron chi connectivity index (χ1n) is 11.9. The van der Waals surface area contributed by atoms with Gasteiger partial charge in [0.1, 0.15) is 6.23 Å². The molecule has 4 aliphatic rings. The lowest BCUT2D eigenvalue weighted by Crippen LogP contribution is -2.63. The summed E-state index contributed by atoms with van der Waals surface area (Å²) in [6.45, 7) is 15.2. The third kappa shape index (κ3) is 2.94. The summed E-state index contributed by atoms with van der Waals surface area (Å²) in [7, 11) is -1.76. The smallest absolute Gasteiger partial charge is 0.163 e. The number of hydrogen-bond acceptors (Lipinski definition) is 3. The van der Waals surface area contributed by atoms with E-state index in [2.05, 4.69) is 69.6 Å². The molecule has 1 saturated carbocycles. The van der Waals surface area contributed by atoms with Gasteiger partial charge in [-0.1, -0.05) is 63.3 Å². The molecule has 0 N–H and O–H groups in total. The molecule has 0 unspecified atom stereocenters. The van der Waals surface area contributed by atoms with E-state index in [1.54, 1.807) is 0 Å². The van der Waals surface area contributed by atoms with Crippen molar-refractivity contribution in [2.24, 2.45) is 17.8 Å². The average Bonchev–Trinajstić information content (AvgIpc) is 3.15. The van der Waals surface area contributed by atoms with Crippen LogP contribution in [0.25, 0.3) is 0 Å². The van der Waals surface area contributed by atoms with E-state index in [1.807, 2.05) is 6.07 Å². The predicted molar refractivity (Wildman–Crippen MR) is 124 cm³/mol. The average molecular weight is 424 g/mol. The SMILES string of the molecule is C[C@@H]1CC[C@@H]2[C@@H](C1)O[C@H]1[C@H]3C(=C([Si](C)(C)C)C(=O)[C@@H]3c3ccccc3)CN1C2(C)C. The van der Waals surface area contributed by atoms with Crippen molar-refractivity contribution in [3.63, 3.8) is 0 Å². The zero-order valence-corrected chi connectivity index (χ0v) is 20.4. The maximum absolute atomic E-state index is 13.8. The van der Waals surface area contributed by atoms with Crippen LogP contribution in [0.3, 0.4) is 0 Å². The van der Waals surface area contributed by atoms with Gasteiger partial charge in [-0.25, -0.2) is 0 Å². The molecule has 6 atom stereocenters. The van der Waals surface area contributed by atoms with Crippen molar-refractivity contribution in [2.75, 3.05) is 6.54 Å². The van der Waals surface area contributed by atoms with E-state index in [9.17, 15) is 4.79 Å². The minimum absolute atomic E-state index is 0.0320. The molecule has 0 bridgehead atoms. The summed E-state index contributed by atoms with van der Waals surface area (Å²) in [6, 6.07) is 10.5. The highest BCUT2D eigenvalue weighted by molar-refractivity contribution is 6.87. The molecule has 2 aliphatic carbocycles. The summed E-state index contributed by atoms with van der Waals surface area (Å²) in [5.41, 5.74) is 2.69. The normalized spacial score (nSPS) is 38.4. The minimum Gasteiger partial charge on any atom is -0.359 e. The van der Waals surface area contributed by atoms with Crippen LogP contribution in [-0.2, 0) is 9.53 Å². The van der Waals surface area contributed by atoms with Crippen molar-refractivity contribution in [1.29, 1.82) is 0 Å². The Morgan fingerprint density at radius 1 is 1.10 bits per heavy atom. The molecular formula is C26H37NO2Si. The second kappa shape index (κ2) is 6.88. The zero-order valence-electron chi connectivity index (χ0n) is 19.4. The van der Waals surface area contributed by atoms with Crippen LogP contribution < -0.4 is 0 Å². The Hall–Kier alpha value is -1.23. The van der Waals surface area contributed by atoms with Crippen molar-refractivity contribution in [1.82, 2.24) is 4.90 Å². The Morgan fingerprint density at radius 3 is 2.47 bits per heavy atom. The standard InChI is InChI=1S/C26H37NO2Si/c1-16-12-13-19-20(14-16)29-25-22-18(15-27(25)26(19,2)3)24(30(4,5)6)23(28)21(22)17-10-8-7-9-11-17/h7-11,16,19-22,25H,12-15H2,1-6H3/t16-,19-,20-,21-,22+,25+/m1/s1. The van der Waals surface area contributed by atoms with Crippen molar-refractivity contribution in [3.8, 4) is 0 Å². The maximum atomic E-state index is 13.8. The Bertz CT molecular complexity index is 884. The fourth-order valence-corrected chi connectivity index (χ4v) is 9.18. The number of ether oxygens (including phenoxy) is 1. The monoisotopic (exact) mass is 423 g/mol. The quantitative estimate of drug-likeness (QED) is 0.597. The molecule has 4 heteroatoms. The van der Waals surface area contributed by atoms with Crippen LogP contribution in [0.2, 0.25) is 19.6 Å². The molecule has 1 aromatic carbocycles. The second-order valence-electron chi connectivity index (χ2n) is 11.8. The van der Waals surface area contributed by atoms with Crippen LogP contribution in [0.1, 0.15) is 51.5 Å². The third-order valence-electron chi connectivity index (χ3n) is 8.49. The number of hydrogen-bond donors (Lipinski definition) is 0. The van der Waals surface area contributed by atoms with E-state index >= 15 is 0 Å². The highest BCUT2D eigenvalue weighted by Crippen LogP contribution is 2.56. The molecule has 0 amide bonds. The molecule has 0 aromatic heterocycles. The summed E-state index contributed by atoms with van der Waals surface area (Å²) in [5, 5.41) is 1.20. The highest BCUT2D eigenvalue weighted by Gasteiger charge is 2.61. The van der Waals surface area contributed by atoms with Crippen LogP contribution in [0.5, 0.6) is 0 Å². The van der Waals surface area contributed by atoms with Gasteiger partial charge in [0.2, 0.25) is 0 Å². The Morgan fingerprint density at radius 2 is 1.80 bits per heavy atom. The fraction of sp³-hybridized carbons (Fsp3) is 0.654. The van der Waals surface area contributed by atoms with Crippen molar-refractivity contribution in [2.45, 2.75) is 83.5 Å². The Kier molecular flexibility index (Phi) is 4.74. The van der Waals surface area contributed by atoms with E-state index in [0.29, 0.717) is 17.8 Å². The third-order valence-corrected chi connectivity index (χ3v) is 10.6. The first-order valence-corrected chi connectivity index (χ1v) is 15.4. The van der Waals surface area contributed by atoms with Crippen LogP contribution in [0.15, 0.2) is 41.1 Å². The summed E-state index contributed by atoms with van der Waals surface area (Å²) in [5.74, 6) is 1.81. The van der Waals surface area contributed by atoms with Crippen molar-refractivity contribution in [3.05, 3.63) is 46.7 Å². The van der Waals surface area contributed by atoms with Crippen LogP contribution in [0, 0.1) is 17.8 Å². The minimum atomic E-state index is -1.76. The predicted octanol–water partition coefficient (Wildman–Crippen LogP) is 5.40. The van der Waals surface area contributed by atoms with Gasteiger partial charge in [-0.15, -0.1) is 0 Å². The fourth-order valence-electron chi connectivity index (χ4n) is 7.07. The first-order chi connectivity index (χ1) is 14.1. The molecule has 2 aliphatic heterocycles. The molecule has 162 valence electrons. The molecule has 3 nitrogen and oxygen atoms in total. The van der Waals surface area contributed by atoms with Crippen molar-refractivity contribution >= 4 is 13.9 Å². The molecule has 5 rings (SSSR count). The summed E-state index contributed by atoms with van der Waals surface area (Å²) < 4.78 is 6.95. The Labute approximate surface area is 182 Å². The maximum Gasteiger partial charge on any atom is 0.163 e. The van der Waals surface area contributed by atoms with Crippen molar-refractivity contribution < 1.29 is 9.53 Å². The number of ketones is 1. The van der Waals surface area contributed by atoms with Gasteiger partial charge >= 0.3 is 0 Å². The molecule has 2 saturated heterocycles. The molecule has 3 fully saturated rings. The number of rotatable bonds is 2. The zero-order chi connectivity index (χ0) is 21.4. The van der Waals surface area contributed by atoms with E-state index in [0.717, 1.165) is 18.9 Å². The van der Waals surface area contributed by atoms with E-state index < -0.39 is 8.07 Å². The molecule has 0 radical (unpaired) electrons. The lowest BCUT2D eigenvalue weighted by atomic mass is 9.69.